The summed E-state index contributed by atoms with van der Waals surface area (Å²) in [6.45, 7) is 0. The van der Waals surface area contributed by atoms with Gasteiger partial charge in [-0.2, -0.15) is 0 Å². The number of furan rings is 1. The lowest BCUT2D eigenvalue weighted by Gasteiger charge is -2.41. The fourth-order valence-corrected chi connectivity index (χ4v) is 6.59. The number of halogens is 1. The molecule has 2 heterocycles. The van der Waals surface area contributed by atoms with Gasteiger partial charge in [0.1, 0.15) is 11.6 Å². The largest absolute Gasteiger partial charge is 0.469 e. The van der Waals surface area contributed by atoms with Gasteiger partial charge in [0.2, 0.25) is 0 Å². The van der Waals surface area contributed by atoms with Crippen molar-refractivity contribution < 1.29 is 13.6 Å². The Morgan fingerprint density at radius 2 is 1.80 bits per heavy atom. The molecule has 3 nitrogen and oxygen atoms in total. The molecule has 0 saturated heterocycles. The first-order chi connectivity index (χ1) is 19.6. The van der Waals surface area contributed by atoms with E-state index in [1.165, 1.54) is 34.4 Å². The summed E-state index contributed by atoms with van der Waals surface area (Å²) in [5, 5.41) is 5.79. The van der Waals surface area contributed by atoms with Gasteiger partial charge in [-0.25, -0.2) is 4.39 Å². The molecule has 1 aromatic heterocycles. The van der Waals surface area contributed by atoms with Crippen LogP contribution in [-0.4, -0.2) is 5.78 Å². The molecule has 0 spiro atoms. The Labute approximate surface area is 232 Å². The summed E-state index contributed by atoms with van der Waals surface area (Å²) in [6.07, 6.45) is 18.2. The van der Waals surface area contributed by atoms with E-state index >= 15 is 0 Å². The third kappa shape index (κ3) is 4.08. The van der Waals surface area contributed by atoms with E-state index < -0.39 is 11.3 Å². The third-order valence-electron chi connectivity index (χ3n) is 8.43. The van der Waals surface area contributed by atoms with Crippen molar-refractivity contribution in [3.8, 4) is 11.1 Å². The molecule has 4 aromatic rings. The van der Waals surface area contributed by atoms with Crippen LogP contribution in [-0.2, 0) is 18.3 Å². The molecule has 0 fully saturated rings. The molecule has 196 valence electrons. The van der Waals surface area contributed by atoms with Crippen LogP contribution in [0.15, 0.2) is 120 Å². The van der Waals surface area contributed by atoms with Gasteiger partial charge in [0.05, 0.1) is 6.26 Å². The number of hydrogen-bond donors (Lipinski definition) is 1. The summed E-state index contributed by atoms with van der Waals surface area (Å²) in [7, 11) is 0. The molecule has 0 radical (unpaired) electrons. The number of benzene rings is 3. The Kier molecular flexibility index (Phi) is 5.96. The van der Waals surface area contributed by atoms with E-state index in [-0.39, 0.29) is 11.6 Å². The highest BCUT2D eigenvalue weighted by atomic mass is 19.1. The van der Waals surface area contributed by atoms with Gasteiger partial charge >= 0.3 is 0 Å². The van der Waals surface area contributed by atoms with E-state index in [0.29, 0.717) is 18.4 Å². The van der Waals surface area contributed by atoms with Crippen LogP contribution in [0.4, 0.5) is 4.39 Å². The second kappa shape index (κ2) is 9.80. The minimum atomic E-state index is -0.568. The zero-order valence-electron chi connectivity index (χ0n) is 21.9. The van der Waals surface area contributed by atoms with Crippen LogP contribution in [0, 0.1) is 11.7 Å². The van der Waals surface area contributed by atoms with Crippen LogP contribution in [0.3, 0.4) is 0 Å². The lowest BCUT2D eigenvalue weighted by atomic mass is 9.63. The first-order valence-electron chi connectivity index (χ1n) is 13.7. The minimum absolute atomic E-state index is 0.0106. The Hall–Kier alpha value is -4.70. The molecular weight excluding hydrogens is 497 g/mol. The van der Waals surface area contributed by atoms with Gasteiger partial charge in [-0.1, -0.05) is 60.7 Å². The van der Waals surface area contributed by atoms with Crippen molar-refractivity contribution in [3.63, 3.8) is 0 Å². The van der Waals surface area contributed by atoms with Gasteiger partial charge in [0, 0.05) is 35.2 Å². The molecule has 2 aliphatic carbocycles. The number of carbonyl (C=O) groups is 1. The van der Waals surface area contributed by atoms with Crippen LogP contribution in [0.5, 0.6) is 0 Å². The predicted octanol–water partition coefficient (Wildman–Crippen LogP) is 6.14. The first-order valence-corrected chi connectivity index (χ1v) is 13.7. The standard InChI is InChI=1S/C36H28FNO2/c37-27-14-11-25(12-15-27)35(39)26-21-32-31-16-13-24-7-3-4-9-29(24)30(31)17-18-33(32)36(22-26,23-28-8-6-20-40-28)34-10-2-1-5-19-38-34/h1-12,14-21,26,38H,13,22-23H2. The zero-order valence-corrected chi connectivity index (χ0v) is 21.9. The number of nitrogens with one attached hydrogen (secondary N) is 1. The van der Waals surface area contributed by atoms with E-state index in [0.717, 1.165) is 28.3 Å². The van der Waals surface area contributed by atoms with E-state index in [1.54, 1.807) is 18.4 Å². The van der Waals surface area contributed by atoms with Gasteiger partial charge in [0.15, 0.2) is 5.78 Å². The molecule has 1 N–H and O–H groups in total. The first kappa shape index (κ1) is 24.3. The lowest BCUT2D eigenvalue weighted by molar-refractivity contribution is 0.0932. The number of ketones is 1. The lowest BCUT2D eigenvalue weighted by Crippen LogP contribution is -2.50. The molecule has 2 unspecified atom stereocenters. The van der Waals surface area contributed by atoms with Crippen molar-refractivity contribution in [2.75, 3.05) is 0 Å². The van der Waals surface area contributed by atoms with E-state index in [9.17, 15) is 9.18 Å². The summed E-state index contributed by atoms with van der Waals surface area (Å²) in [5.74, 6) is 0.0793. The second-order valence-corrected chi connectivity index (χ2v) is 10.7. The maximum atomic E-state index is 14.1. The van der Waals surface area contributed by atoms with Gasteiger partial charge < -0.3 is 9.73 Å². The van der Waals surface area contributed by atoms with E-state index in [4.69, 9.17) is 4.42 Å². The zero-order chi connectivity index (χ0) is 27.1. The Morgan fingerprint density at radius 1 is 0.925 bits per heavy atom. The smallest absolute Gasteiger partial charge is 0.169 e. The van der Waals surface area contributed by atoms with Crippen LogP contribution in [0.25, 0.3) is 23.3 Å². The predicted molar refractivity (Wildman–Crippen MR) is 156 cm³/mol. The van der Waals surface area contributed by atoms with Crippen LogP contribution < -0.4 is 15.8 Å². The average molecular weight is 526 g/mol. The van der Waals surface area contributed by atoms with Gasteiger partial charge in [-0.15, -0.1) is 0 Å². The molecule has 1 aliphatic heterocycles. The highest BCUT2D eigenvalue weighted by Gasteiger charge is 2.44. The van der Waals surface area contributed by atoms with Crippen molar-refractivity contribution >= 4 is 17.9 Å². The fourth-order valence-electron chi connectivity index (χ4n) is 6.59. The topological polar surface area (TPSA) is 42.2 Å². The van der Waals surface area contributed by atoms with Crippen molar-refractivity contribution in [3.05, 3.63) is 154 Å². The molecule has 3 aromatic carbocycles. The van der Waals surface area contributed by atoms with Crippen LogP contribution in [0.2, 0.25) is 0 Å². The third-order valence-corrected chi connectivity index (χ3v) is 8.43. The molecule has 0 amide bonds. The molecule has 7 rings (SSSR count). The number of carbonyl (C=O) groups excluding carboxylic acids is 1. The maximum absolute atomic E-state index is 14.1. The Balaban J connectivity index is 1.50. The molecule has 0 saturated carbocycles. The van der Waals surface area contributed by atoms with Gasteiger partial charge in [0.25, 0.3) is 0 Å². The summed E-state index contributed by atoms with van der Waals surface area (Å²) >= 11 is 0. The minimum Gasteiger partial charge on any atom is -0.469 e. The van der Waals surface area contributed by atoms with Gasteiger partial charge in [-0.3, -0.25) is 4.79 Å². The Bertz CT molecular complexity index is 1830. The average Bonchev–Trinajstić information content (AvgIpc) is 3.34. The fraction of sp³-hybridized carbons (Fsp3) is 0.139. The molecule has 0 bridgehead atoms. The molecule has 3 aliphatic rings. The van der Waals surface area contributed by atoms with Crippen LogP contribution >= 0.6 is 0 Å². The summed E-state index contributed by atoms with van der Waals surface area (Å²) in [6, 6.07) is 22.8. The molecule has 4 heteroatoms. The molecule has 40 heavy (non-hydrogen) atoms. The molecular formula is C36H28FNO2. The number of allylic oxidation sites excluding steroid dienone is 5. The van der Waals surface area contributed by atoms with Crippen molar-refractivity contribution in [2.45, 2.75) is 24.7 Å². The normalized spacial score (nSPS) is 20.5. The van der Waals surface area contributed by atoms with Gasteiger partial charge in [-0.05, 0) is 94.1 Å². The highest BCUT2D eigenvalue weighted by Crippen LogP contribution is 2.43. The Morgan fingerprint density at radius 3 is 2.65 bits per heavy atom. The number of fused-ring (bicyclic) bond motifs is 5. The van der Waals surface area contributed by atoms with Crippen molar-refractivity contribution in [2.24, 2.45) is 5.92 Å². The van der Waals surface area contributed by atoms with Crippen molar-refractivity contribution in [1.82, 2.24) is 5.32 Å². The number of Topliss-reactive ketones (excluding diaryl/α,β-unsaturated/α-hetero) is 1. The second-order valence-electron chi connectivity index (χ2n) is 10.7. The summed E-state index contributed by atoms with van der Waals surface area (Å²) < 4.78 is 19.7. The summed E-state index contributed by atoms with van der Waals surface area (Å²) in [5.41, 5.74) is 5.84. The van der Waals surface area contributed by atoms with Crippen LogP contribution in [0.1, 0.15) is 33.7 Å². The summed E-state index contributed by atoms with van der Waals surface area (Å²) in [4.78, 5) is 14.1. The van der Waals surface area contributed by atoms with E-state index in [2.05, 4.69) is 59.9 Å². The highest BCUT2D eigenvalue weighted by molar-refractivity contribution is 6.01. The number of hydrogen-bond acceptors (Lipinski definition) is 3. The van der Waals surface area contributed by atoms with Crippen molar-refractivity contribution in [1.29, 1.82) is 0 Å². The monoisotopic (exact) mass is 525 g/mol. The number of rotatable bonds is 5. The quantitative estimate of drug-likeness (QED) is 0.318. The maximum Gasteiger partial charge on any atom is 0.169 e. The SMILES string of the molecule is O=C(c1ccc(F)cc1)C1C=c2c(ccc3c2=CCc2ccccc2-3)C(Cc2ccco2)(C2=CC=CC=CN2)C1. The molecule has 2 atom stereocenters. The van der Waals surface area contributed by atoms with E-state index in [1.807, 2.05) is 36.6 Å².